The van der Waals surface area contributed by atoms with Crippen LogP contribution in [0.2, 0.25) is 0 Å². The molecule has 0 spiro atoms. The summed E-state index contributed by atoms with van der Waals surface area (Å²) in [5.41, 5.74) is 7.65. The molecule has 2 heterocycles. The van der Waals surface area contributed by atoms with Crippen LogP contribution in [-0.4, -0.2) is 33.0 Å². The van der Waals surface area contributed by atoms with E-state index in [1.54, 1.807) is 20.4 Å². The van der Waals surface area contributed by atoms with Gasteiger partial charge in [-0.15, -0.1) is 0 Å². The fraction of sp³-hybridized carbons (Fsp3) is 0.0588. The molecule has 0 amide bonds. The maximum absolute atomic E-state index is 6.47. The molecule has 0 bridgehead atoms. The van der Waals surface area contributed by atoms with Crippen molar-refractivity contribution in [2.75, 3.05) is 14.2 Å². The highest BCUT2D eigenvalue weighted by Crippen LogP contribution is 2.32. The number of hydrogen-bond acceptors (Lipinski definition) is 4. The minimum atomic E-state index is -3.08. The fourth-order valence-corrected chi connectivity index (χ4v) is 9.02. The summed E-state index contributed by atoms with van der Waals surface area (Å²) in [5, 5.41) is 14.1. The van der Waals surface area contributed by atoms with Crippen LogP contribution in [0.1, 0.15) is 11.1 Å². The minimum absolute atomic E-state index is 0.872. The van der Waals surface area contributed by atoms with Crippen molar-refractivity contribution in [1.82, 2.24) is 10.2 Å². The van der Waals surface area contributed by atoms with Crippen molar-refractivity contribution < 1.29 is 8.85 Å². The highest BCUT2D eigenvalue weighted by Gasteiger charge is 2.45. The molecule has 1 aliphatic rings. The first-order valence-corrected chi connectivity index (χ1v) is 14.8. The van der Waals surface area contributed by atoms with Gasteiger partial charge in [0.2, 0.25) is 0 Å². The van der Waals surface area contributed by atoms with Gasteiger partial charge in [-0.3, -0.25) is 0 Å². The van der Waals surface area contributed by atoms with E-state index in [2.05, 4.69) is 107 Å². The van der Waals surface area contributed by atoms with Gasteiger partial charge in [0.15, 0.2) is 0 Å². The molecule has 0 saturated carbocycles. The zero-order valence-corrected chi connectivity index (χ0v) is 22.8. The van der Waals surface area contributed by atoms with Crippen LogP contribution < -0.4 is 10.4 Å². The Bertz CT molecular complexity index is 1760. The van der Waals surface area contributed by atoms with Crippen LogP contribution in [0.4, 0.5) is 0 Å². The molecule has 0 saturated heterocycles. The second-order valence-electron chi connectivity index (χ2n) is 9.76. The predicted molar refractivity (Wildman–Crippen MR) is 162 cm³/mol. The Labute approximate surface area is 228 Å². The Morgan fingerprint density at radius 3 is 1.90 bits per heavy atom. The molecule has 5 aromatic carbocycles. The van der Waals surface area contributed by atoms with E-state index in [1.807, 2.05) is 18.2 Å². The molecular formula is C34H26N2O2Si. The van der Waals surface area contributed by atoms with Crippen LogP contribution in [0.5, 0.6) is 0 Å². The van der Waals surface area contributed by atoms with Gasteiger partial charge in [0, 0.05) is 30.0 Å². The van der Waals surface area contributed by atoms with Gasteiger partial charge >= 0.3 is 8.56 Å². The first kappa shape index (κ1) is 23.7. The van der Waals surface area contributed by atoms with Crippen LogP contribution in [0.15, 0.2) is 109 Å². The smallest absolute Gasteiger partial charge is 0.391 e. The molecular weight excluding hydrogens is 496 g/mol. The van der Waals surface area contributed by atoms with Crippen LogP contribution >= 0.6 is 0 Å². The highest BCUT2D eigenvalue weighted by molar-refractivity contribution is 6.93. The van der Waals surface area contributed by atoms with Crippen molar-refractivity contribution in [3.05, 3.63) is 120 Å². The SMILES string of the molecule is CO[Si]1(OC)c2cc(-c3cccc4ccccc34)ccc2C=Cc2ccc(-c3cccc4nnccc34)cc21. The molecule has 6 aromatic rings. The standard InChI is InChI=1S/C34H26N2O2Si/c1-37-39(38-2)33-21-26(29-10-5-8-23-7-3-4-9-28(23)29)17-15-24(33)13-14-25-16-18-27(22-34(25)39)30-11-6-12-32-31(30)19-20-35-36-32/h3-22H,1-2H3. The van der Waals surface area contributed by atoms with Gasteiger partial charge in [-0.25, -0.2) is 0 Å². The summed E-state index contributed by atoms with van der Waals surface area (Å²) in [4.78, 5) is 0. The van der Waals surface area contributed by atoms with Crippen LogP contribution in [-0.2, 0) is 8.85 Å². The molecule has 7 rings (SSSR count). The average molecular weight is 523 g/mol. The average Bonchev–Trinajstić information content (AvgIpc) is 3.14. The Kier molecular flexibility index (Phi) is 5.71. The Morgan fingerprint density at radius 2 is 1.21 bits per heavy atom. The summed E-state index contributed by atoms with van der Waals surface area (Å²) in [5.74, 6) is 0. The van der Waals surface area contributed by atoms with Crippen molar-refractivity contribution in [1.29, 1.82) is 0 Å². The van der Waals surface area contributed by atoms with E-state index < -0.39 is 8.56 Å². The van der Waals surface area contributed by atoms with Crippen LogP contribution in [0.25, 0.3) is 56.1 Å². The molecule has 0 unspecified atom stereocenters. The number of nitrogens with zero attached hydrogens (tertiary/aromatic N) is 2. The molecule has 1 aromatic heterocycles. The van der Waals surface area contributed by atoms with E-state index in [0.717, 1.165) is 49.1 Å². The second-order valence-corrected chi connectivity index (χ2v) is 12.9. The maximum atomic E-state index is 6.47. The lowest BCUT2D eigenvalue weighted by atomic mass is 9.97. The quantitative estimate of drug-likeness (QED) is 0.250. The molecule has 5 heteroatoms. The highest BCUT2D eigenvalue weighted by atomic mass is 28.4. The zero-order valence-electron chi connectivity index (χ0n) is 21.8. The van der Waals surface area contributed by atoms with Crippen molar-refractivity contribution in [2.24, 2.45) is 0 Å². The lowest BCUT2D eigenvalue weighted by Gasteiger charge is -2.30. The topological polar surface area (TPSA) is 44.2 Å². The van der Waals surface area contributed by atoms with E-state index in [1.165, 1.54) is 16.3 Å². The Balaban J connectivity index is 1.45. The van der Waals surface area contributed by atoms with Crippen molar-refractivity contribution in [3.63, 3.8) is 0 Å². The molecule has 188 valence electrons. The molecule has 0 atom stereocenters. The van der Waals surface area contributed by atoms with Crippen molar-refractivity contribution in [2.45, 2.75) is 0 Å². The Morgan fingerprint density at radius 1 is 0.590 bits per heavy atom. The molecule has 39 heavy (non-hydrogen) atoms. The molecule has 1 aliphatic heterocycles. The van der Waals surface area contributed by atoms with E-state index in [9.17, 15) is 0 Å². The lowest BCUT2D eigenvalue weighted by molar-refractivity contribution is 0.272. The van der Waals surface area contributed by atoms with Gasteiger partial charge < -0.3 is 8.85 Å². The summed E-state index contributed by atoms with van der Waals surface area (Å²) in [6.07, 6.45) is 6.10. The summed E-state index contributed by atoms with van der Waals surface area (Å²) < 4.78 is 12.9. The van der Waals surface area contributed by atoms with Gasteiger partial charge in [0.25, 0.3) is 0 Å². The number of rotatable bonds is 4. The van der Waals surface area contributed by atoms with Crippen LogP contribution in [0.3, 0.4) is 0 Å². The largest absolute Gasteiger partial charge is 0.407 e. The predicted octanol–water partition coefficient (Wildman–Crippen LogP) is 6.45. The van der Waals surface area contributed by atoms with Crippen molar-refractivity contribution in [3.8, 4) is 22.3 Å². The number of hydrogen-bond donors (Lipinski definition) is 0. The van der Waals surface area contributed by atoms with Gasteiger partial charge in [-0.05, 0) is 68.4 Å². The van der Waals surface area contributed by atoms with E-state index in [0.29, 0.717) is 0 Å². The van der Waals surface area contributed by atoms with E-state index >= 15 is 0 Å². The van der Waals surface area contributed by atoms with E-state index in [4.69, 9.17) is 8.85 Å². The number of fused-ring (bicyclic) bond motifs is 4. The van der Waals surface area contributed by atoms with E-state index in [-0.39, 0.29) is 0 Å². The number of aromatic nitrogens is 2. The molecule has 0 fully saturated rings. The molecule has 0 aliphatic carbocycles. The fourth-order valence-electron chi connectivity index (χ4n) is 5.90. The minimum Gasteiger partial charge on any atom is -0.391 e. The molecule has 0 radical (unpaired) electrons. The summed E-state index contributed by atoms with van der Waals surface area (Å²) in [6, 6.07) is 36.4. The summed E-state index contributed by atoms with van der Waals surface area (Å²) in [7, 11) is 0.478. The maximum Gasteiger partial charge on any atom is 0.407 e. The first-order chi connectivity index (χ1) is 19.2. The van der Waals surface area contributed by atoms with Crippen molar-refractivity contribution >= 4 is 52.8 Å². The number of benzene rings is 5. The third-order valence-electron chi connectivity index (χ3n) is 7.80. The zero-order chi connectivity index (χ0) is 26.4. The van der Waals surface area contributed by atoms with Gasteiger partial charge in [-0.1, -0.05) is 91.0 Å². The second kappa shape index (κ2) is 9.40. The molecule has 4 nitrogen and oxygen atoms in total. The van der Waals surface area contributed by atoms with Gasteiger partial charge in [-0.2, -0.15) is 10.2 Å². The monoisotopic (exact) mass is 522 g/mol. The third-order valence-corrected chi connectivity index (χ3v) is 11.2. The summed E-state index contributed by atoms with van der Waals surface area (Å²) in [6.45, 7) is 0. The first-order valence-electron chi connectivity index (χ1n) is 13.0. The summed E-state index contributed by atoms with van der Waals surface area (Å²) >= 11 is 0. The van der Waals surface area contributed by atoms with Crippen LogP contribution in [0, 0.1) is 0 Å². The normalized spacial score (nSPS) is 13.7. The van der Waals surface area contributed by atoms with Gasteiger partial charge in [0.1, 0.15) is 0 Å². The lowest BCUT2D eigenvalue weighted by Crippen LogP contribution is -2.63. The third kappa shape index (κ3) is 3.74. The molecule has 0 N–H and O–H groups in total. The Hall–Kier alpha value is -4.42. The van der Waals surface area contributed by atoms with Gasteiger partial charge in [0.05, 0.1) is 11.7 Å².